The van der Waals surface area contributed by atoms with Crippen LogP contribution in [0.4, 0.5) is 0 Å². The number of halogens is 1. The minimum atomic E-state index is -1.07. The summed E-state index contributed by atoms with van der Waals surface area (Å²) in [5, 5.41) is 12.4. The summed E-state index contributed by atoms with van der Waals surface area (Å²) in [5.41, 5.74) is -0.230. The number of carboxylic acid groups (broad SMARTS) is 1. The molecule has 104 valence electrons. The quantitative estimate of drug-likeness (QED) is 0.679. The molecule has 1 aliphatic rings. The largest absolute Gasteiger partial charge is 0.477 e. The van der Waals surface area contributed by atoms with Crippen molar-refractivity contribution in [2.75, 3.05) is 0 Å². The standard InChI is InChI=1S/C8H13NO3.C6H5Cl/c1-8(4-2-3-5-8)12-9-6-7(10)11;7-6-4-2-1-3-5-6/h6H,2-5H2,1H3,(H,10,11);1-5H/b9-6-;. The van der Waals surface area contributed by atoms with Gasteiger partial charge in [0.25, 0.3) is 0 Å². The summed E-state index contributed by atoms with van der Waals surface area (Å²) in [4.78, 5) is 15.1. The molecule has 1 aromatic carbocycles. The predicted molar refractivity (Wildman–Crippen MR) is 75.5 cm³/mol. The second-order valence-corrected chi connectivity index (χ2v) is 5.05. The molecule has 0 saturated heterocycles. The number of oxime groups is 1. The first-order valence-electron chi connectivity index (χ1n) is 6.17. The first-order chi connectivity index (χ1) is 9.02. The molecule has 19 heavy (non-hydrogen) atoms. The fourth-order valence-corrected chi connectivity index (χ4v) is 1.97. The number of carboxylic acids is 1. The van der Waals surface area contributed by atoms with Gasteiger partial charge in [-0.05, 0) is 44.7 Å². The minimum absolute atomic E-state index is 0.230. The SMILES string of the molecule is CC1(O/N=C\C(=O)O)CCCC1.Clc1ccccc1. The van der Waals surface area contributed by atoms with E-state index in [1.807, 2.05) is 37.3 Å². The van der Waals surface area contributed by atoms with Gasteiger partial charge >= 0.3 is 5.97 Å². The van der Waals surface area contributed by atoms with E-state index in [4.69, 9.17) is 21.5 Å². The Hall–Kier alpha value is -1.55. The van der Waals surface area contributed by atoms with Gasteiger partial charge in [-0.1, -0.05) is 35.0 Å². The molecule has 2 rings (SSSR count). The molecule has 1 N–H and O–H groups in total. The third kappa shape index (κ3) is 6.82. The van der Waals surface area contributed by atoms with E-state index in [9.17, 15) is 4.79 Å². The maximum atomic E-state index is 10.0. The van der Waals surface area contributed by atoms with E-state index < -0.39 is 5.97 Å². The second-order valence-electron chi connectivity index (χ2n) is 4.62. The van der Waals surface area contributed by atoms with Crippen molar-refractivity contribution in [3.63, 3.8) is 0 Å². The van der Waals surface area contributed by atoms with Crippen molar-refractivity contribution < 1.29 is 14.7 Å². The lowest BCUT2D eigenvalue weighted by atomic mass is 10.1. The molecular formula is C14H18ClNO3. The number of hydrogen-bond acceptors (Lipinski definition) is 3. The Bertz CT molecular complexity index is 414. The maximum absolute atomic E-state index is 10.0. The normalized spacial score (nSPS) is 16.7. The monoisotopic (exact) mass is 283 g/mol. The van der Waals surface area contributed by atoms with Gasteiger partial charge in [0.1, 0.15) is 5.60 Å². The Kier molecular flexibility index (Phi) is 6.36. The fourth-order valence-electron chi connectivity index (χ4n) is 1.83. The van der Waals surface area contributed by atoms with Gasteiger partial charge in [0.2, 0.25) is 0 Å². The molecule has 4 nitrogen and oxygen atoms in total. The van der Waals surface area contributed by atoms with E-state index in [1.165, 1.54) is 0 Å². The zero-order valence-corrected chi connectivity index (χ0v) is 11.6. The van der Waals surface area contributed by atoms with E-state index in [0.717, 1.165) is 36.9 Å². The van der Waals surface area contributed by atoms with E-state index in [1.54, 1.807) is 0 Å². The highest BCUT2D eigenvalue weighted by Crippen LogP contribution is 2.32. The van der Waals surface area contributed by atoms with Gasteiger partial charge in [-0.2, -0.15) is 0 Å². The van der Waals surface area contributed by atoms with Crippen LogP contribution in [0, 0.1) is 0 Å². The third-order valence-corrected chi connectivity index (χ3v) is 3.08. The Morgan fingerprint density at radius 2 is 1.95 bits per heavy atom. The average Bonchev–Trinajstić information content (AvgIpc) is 2.77. The number of hydrogen-bond donors (Lipinski definition) is 1. The van der Waals surface area contributed by atoms with Crippen molar-refractivity contribution in [3.8, 4) is 0 Å². The highest BCUT2D eigenvalue weighted by molar-refractivity contribution is 6.30. The molecule has 0 aliphatic heterocycles. The number of carbonyl (C=O) groups is 1. The van der Waals surface area contributed by atoms with Crippen LogP contribution < -0.4 is 0 Å². The lowest BCUT2D eigenvalue weighted by molar-refractivity contribution is -0.129. The lowest BCUT2D eigenvalue weighted by Crippen LogP contribution is -2.21. The molecule has 1 aromatic rings. The molecule has 0 radical (unpaired) electrons. The van der Waals surface area contributed by atoms with E-state index in [0.29, 0.717) is 0 Å². The van der Waals surface area contributed by atoms with Crippen molar-refractivity contribution in [2.45, 2.75) is 38.2 Å². The number of benzene rings is 1. The average molecular weight is 284 g/mol. The van der Waals surface area contributed by atoms with Gasteiger partial charge < -0.3 is 9.94 Å². The zero-order chi connectivity index (χ0) is 14.1. The van der Waals surface area contributed by atoms with E-state index >= 15 is 0 Å². The van der Waals surface area contributed by atoms with Crippen LogP contribution in [0.25, 0.3) is 0 Å². The van der Waals surface area contributed by atoms with Gasteiger partial charge in [0, 0.05) is 5.02 Å². The first-order valence-corrected chi connectivity index (χ1v) is 6.55. The number of rotatable bonds is 3. The van der Waals surface area contributed by atoms with Crippen LogP contribution in [0.2, 0.25) is 5.02 Å². The lowest BCUT2D eigenvalue weighted by Gasteiger charge is -2.19. The van der Waals surface area contributed by atoms with Crippen LogP contribution in [-0.4, -0.2) is 22.9 Å². The highest BCUT2D eigenvalue weighted by Gasteiger charge is 2.30. The van der Waals surface area contributed by atoms with Crippen molar-refractivity contribution in [1.29, 1.82) is 0 Å². The predicted octanol–water partition coefficient (Wildman–Crippen LogP) is 3.75. The van der Waals surface area contributed by atoms with E-state index in [-0.39, 0.29) is 5.60 Å². The summed E-state index contributed by atoms with van der Waals surface area (Å²) < 4.78 is 0. The van der Waals surface area contributed by atoms with Crippen molar-refractivity contribution in [2.24, 2.45) is 5.16 Å². The second kappa shape index (κ2) is 7.79. The van der Waals surface area contributed by atoms with Crippen molar-refractivity contribution in [3.05, 3.63) is 35.4 Å². The maximum Gasteiger partial charge on any atom is 0.350 e. The van der Waals surface area contributed by atoms with Gasteiger partial charge in [0.15, 0.2) is 6.21 Å². The van der Waals surface area contributed by atoms with Crippen molar-refractivity contribution in [1.82, 2.24) is 0 Å². The number of aliphatic carboxylic acids is 1. The summed E-state index contributed by atoms with van der Waals surface area (Å²) in [5.74, 6) is -1.07. The molecule has 0 bridgehead atoms. The van der Waals surface area contributed by atoms with Crippen LogP contribution in [-0.2, 0) is 9.63 Å². The van der Waals surface area contributed by atoms with Gasteiger partial charge in [-0.25, -0.2) is 4.79 Å². The molecule has 1 fully saturated rings. The Morgan fingerprint density at radius 3 is 2.37 bits per heavy atom. The zero-order valence-electron chi connectivity index (χ0n) is 10.9. The summed E-state index contributed by atoms with van der Waals surface area (Å²) in [7, 11) is 0. The summed E-state index contributed by atoms with van der Waals surface area (Å²) in [6, 6.07) is 9.44. The first kappa shape index (κ1) is 15.5. The van der Waals surface area contributed by atoms with Crippen LogP contribution in [0.3, 0.4) is 0 Å². The molecule has 1 aliphatic carbocycles. The summed E-state index contributed by atoms with van der Waals surface area (Å²) in [6.45, 7) is 1.96. The van der Waals surface area contributed by atoms with E-state index in [2.05, 4.69) is 5.16 Å². The van der Waals surface area contributed by atoms with Gasteiger partial charge in [0.05, 0.1) is 0 Å². The minimum Gasteiger partial charge on any atom is -0.477 e. The van der Waals surface area contributed by atoms with Crippen LogP contribution in [0.5, 0.6) is 0 Å². The smallest absolute Gasteiger partial charge is 0.350 e. The Balaban J connectivity index is 0.000000218. The Labute approximate surface area is 118 Å². The van der Waals surface area contributed by atoms with Gasteiger partial charge in [-0.3, -0.25) is 0 Å². The molecular weight excluding hydrogens is 266 g/mol. The topological polar surface area (TPSA) is 58.9 Å². The summed E-state index contributed by atoms with van der Waals surface area (Å²) in [6.07, 6.45) is 4.98. The van der Waals surface area contributed by atoms with Crippen LogP contribution >= 0.6 is 11.6 Å². The highest BCUT2D eigenvalue weighted by atomic mass is 35.5. The molecule has 0 aromatic heterocycles. The molecule has 0 amide bonds. The number of nitrogens with zero attached hydrogens (tertiary/aromatic N) is 1. The third-order valence-electron chi connectivity index (χ3n) is 2.83. The fraction of sp³-hybridized carbons (Fsp3) is 0.429. The van der Waals surface area contributed by atoms with Crippen LogP contribution in [0.15, 0.2) is 35.5 Å². The van der Waals surface area contributed by atoms with Crippen molar-refractivity contribution >= 4 is 23.8 Å². The summed E-state index contributed by atoms with van der Waals surface area (Å²) >= 11 is 5.54. The molecule has 0 spiro atoms. The molecule has 5 heteroatoms. The molecule has 0 heterocycles. The molecule has 0 atom stereocenters. The van der Waals surface area contributed by atoms with Gasteiger partial charge in [-0.15, -0.1) is 0 Å². The van der Waals surface area contributed by atoms with Crippen LogP contribution in [0.1, 0.15) is 32.6 Å². The molecule has 0 unspecified atom stereocenters. The Morgan fingerprint density at radius 1 is 1.37 bits per heavy atom. The molecule has 1 saturated carbocycles.